The number of alkyl carbamates (subject to hydrolysis) is 2. The second-order valence-electron chi connectivity index (χ2n) is 3.33. The van der Waals surface area contributed by atoms with Crippen LogP contribution >= 0.6 is 0 Å². The van der Waals surface area contributed by atoms with Crippen molar-refractivity contribution in [2.75, 3.05) is 47.6 Å². The molecule has 0 saturated carbocycles. The van der Waals surface area contributed by atoms with E-state index in [1.807, 2.05) is 0 Å². The molecule has 0 radical (unpaired) electrons. The summed E-state index contributed by atoms with van der Waals surface area (Å²) in [6.07, 6.45) is 4.91. The molecule has 0 aliphatic carbocycles. The molecule has 152 valence electrons. The summed E-state index contributed by atoms with van der Waals surface area (Å²) in [6, 6.07) is 0. The highest BCUT2D eigenvalue weighted by molar-refractivity contribution is 5.67. The van der Waals surface area contributed by atoms with Crippen LogP contribution in [0.5, 0.6) is 0 Å². The van der Waals surface area contributed by atoms with E-state index in [0.717, 1.165) is 0 Å². The Morgan fingerprint density at radius 1 is 1.00 bits per heavy atom. The molecule has 1 unspecified atom stereocenters. The number of carbonyl (C=O) groups excluding carboxylic acids is 2. The monoisotopic (exact) mass is 371 g/mol. The van der Waals surface area contributed by atoms with Crippen molar-refractivity contribution < 1.29 is 39.5 Å². The minimum Gasteiger partial charge on any atom is -0.447 e. The van der Waals surface area contributed by atoms with Crippen molar-refractivity contribution in [3.05, 3.63) is 0 Å². The summed E-state index contributed by atoms with van der Waals surface area (Å²) in [6.45, 7) is -1.33. The van der Waals surface area contributed by atoms with Gasteiger partial charge in [0.1, 0.15) is 18.8 Å². The molecule has 0 aromatic carbocycles. The van der Waals surface area contributed by atoms with Crippen LogP contribution in [-0.2, 0) is 9.47 Å². The quantitative estimate of drug-likeness (QED) is 0.256. The molecule has 1 atom stereocenters. The van der Waals surface area contributed by atoms with E-state index in [-0.39, 0.29) is 27.2 Å². The number of nitrogens with one attached hydrogen (secondary N) is 2. The first-order chi connectivity index (χ1) is 11.4. The van der Waals surface area contributed by atoms with Gasteiger partial charge in [0, 0.05) is 14.1 Å². The van der Waals surface area contributed by atoms with Crippen LogP contribution in [0.2, 0.25) is 0 Å². The Bertz CT molecular complexity index is 299. The zero-order chi connectivity index (χ0) is 20.0. The normalized spacial score (nSPS) is 9.08. The Kier molecular flexibility index (Phi) is 40.9. The Balaban J connectivity index is -0.0000000858. The molecule has 11 heteroatoms. The third-order valence-corrected chi connectivity index (χ3v) is 1.71. The zero-order valence-electron chi connectivity index (χ0n) is 14.1. The molecule has 2 amide bonds. The molecule has 0 fully saturated rings. The van der Waals surface area contributed by atoms with E-state index >= 15 is 0 Å². The summed E-state index contributed by atoms with van der Waals surface area (Å²) >= 11 is 0. The lowest BCUT2D eigenvalue weighted by Crippen LogP contribution is -2.30. The summed E-state index contributed by atoms with van der Waals surface area (Å²) in [5, 5.41) is 38.1. The van der Waals surface area contributed by atoms with Gasteiger partial charge in [-0.15, -0.1) is 12.8 Å². The Morgan fingerprint density at radius 3 is 1.68 bits per heavy atom. The topological polar surface area (TPSA) is 184 Å². The summed E-state index contributed by atoms with van der Waals surface area (Å²) in [4.78, 5) is 20.7. The fourth-order valence-electron chi connectivity index (χ4n) is 0.639. The lowest BCUT2D eigenvalue weighted by Gasteiger charge is -2.10. The van der Waals surface area contributed by atoms with Gasteiger partial charge in [-0.1, -0.05) is 7.43 Å². The molecule has 0 bridgehead atoms. The van der Waals surface area contributed by atoms with Gasteiger partial charge in [0.15, 0.2) is 0 Å². The third-order valence-electron chi connectivity index (χ3n) is 1.71. The van der Waals surface area contributed by atoms with E-state index in [2.05, 4.69) is 38.7 Å². The summed E-state index contributed by atoms with van der Waals surface area (Å²) in [5.74, 6) is 0. The van der Waals surface area contributed by atoms with Gasteiger partial charge in [-0.3, -0.25) is 0 Å². The molecule has 25 heavy (non-hydrogen) atoms. The number of hydrogen-bond donors (Lipinski definition) is 7. The molecule has 0 aromatic rings. The lowest BCUT2D eigenvalue weighted by molar-refractivity contribution is 0.0232. The molecule has 11 nitrogen and oxygen atoms in total. The summed E-state index contributed by atoms with van der Waals surface area (Å²) < 4.78 is 8.83. The van der Waals surface area contributed by atoms with Crippen molar-refractivity contribution in [2.45, 2.75) is 19.6 Å². The van der Waals surface area contributed by atoms with Gasteiger partial charge in [-0.05, 0) is 7.05 Å². The van der Waals surface area contributed by atoms with E-state index in [4.69, 9.17) is 20.4 Å². The van der Waals surface area contributed by atoms with E-state index in [1.54, 1.807) is 0 Å². The van der Waals surface area contributed by atoms with Crippen LogP contribution in [0.25, 0.3) is 0 Å². The first kappa shape index (κ1) is 34.3. The number of rotatable bonds is 6. The SMILES string of the molecule is C.C#C.CN.CNC(=O)OC(CO)CO.CNC(=O)OCC(O)CO. The Labute approximate surface area is 149 Å². The fraction of sp³-hybridized carbons (Fsp3) is 0.714. The maximum Gasteiger partial charge on any atom is 0.407 e. The van der Waals surface area contributed by atoms with E-state index in [0.29, 0.717) is 0 Å². The first-order valence-electron chi connectivity index (χ1n) is 6.59. The summed E-state index contributed by atoms with van der Waals surface area (Å²) in [7, 11) is 4.31. The van der Waals surface area contributed by atoms with Gasteiger partial charge >= 0.3 is 12.2 Å². The molecule has 0 heterocycles. The number of aliphatic hydroxyl groups is 4. The van der Waals surface area contributed by atoms with Crippen LogP contribution in [0.4, 0.5) is 9.59 Å². The van der Waals surface area contributed by atoms with Crippen molar-refractivity contribution in [2.24, 2.45) is 5.73 Å². The lowest BCUT2D eigenvalue weighted by atomic mass is 10.4. The van der Waals surface area contributed by atoms with Gasteiger partial charge in [0.25, 0.3) is 0 Å². The van der Waals surface area contributed by atoms with Gasteiger partial charge in [-0.2, -0.15) is 0 Å². The van der Waals surface area contributed by atoms with Crippen molar-refractivity contribution >= 4 is 12.2 Å². The number of ether oxygens (including phenoxy) is 2. The minimum atomic E-state index is -0.989. The van der Waals surface area contributed by atoms with Crippen molar-refractivity contribution in [3.8, 4) is 12.8 Å². The minimum absolute atomic E-state index is 0. The highest BCUT2D eigenvalue weighted by atomic mass is 16.6. The average Bonchev–Trinajstić information content (AvgIpc) is 2.66. The van der Waals surface area contributed by atoms with Gasteiger partial charge in [0.2, 0.25) is 0 Å². The maximum absolute atomic E-state index is 10.4. The zero-order valence-corrected chi connectivity index (χ0v) is 14.1. The predicted molar refractivity (Wildman–Crippen MR) is 93.7 cm³/mol. The largest absolute Gasteiger partial charge is 0.447 e. The second kappa shape index (κ2) is 29.9. The van der Waals surface area contributed by atoms with E-state index in [1.165, 1.54) is 21.1 Å². The predicted octanol–water partition coefficient (Wildman–Crippen LogP) is -2.15. The summed E-state index contributed by atoms with van der Waals surface area (Å²) in [5.41, 5.74) is 4.50. The highest BCUT2D eigenvalue weighted by Crippen LogP contribution is 1.88. The van der Waals surface area contributed by atoms with Crippen LogP contribution in [0, 0.1) is 12.8 Å². The van der Waals surface area contributed by atoms with Gasteiger partial charge in [-0.25, -0.2) is 9.59 Å². The standard InChI is InChI=1S/2C5H11NO4.C2H2.CH5N.CH4/c1-6-5(9)10-3-4(8)2-7;1-6-5(9)10-4(2-7)3-8;2*1-2;/h2*4,7-8H,2-3H2,1H3,(H,6,9);1-2H;2H2,1H3;1H4. The highest BCUT2D eigenvalue weighted by Gasteiger charge is 2.09. The average molecular weight is 371 g/mol. The van der Waals surface area contributed by atoms with E-state index < -0.39 is 31.0 Å². The third kappa shape index (κ3) is 30.4. The van der Waals surface area contributed by atoms with Crippen molar-refractivity contribution in [1.29, 1.82) is 0 Å². The molecule has 0 rings (SSSR count). The molecule has 0 aliphatic rings. The first-order valence-corrected chi connectivity index (χ1v) is 6.59. The van der Waals surface area contributed by atoms with Crippen LogP contribution < -0.4 is 16.4 Å². The molecular formula is C14H33N3O8. The second-order valence-corrected chi connectivity index (χ2v) is 3.33. The number of nitrogens with two attached hydrogens (primary N) is 1. The van der Waals surface area contributed by atoms with Gasteiger partial charge in [0.05, 0.1) is 19.8 Å². The van der Waals surface area contributed by atoms with E-state index in [9.17, 15) is 9.59 Å². The molecule has 0 aliphatic heterocycles. The van der Waals surface area contributed by atoms with Gasteiger partial charge < -0.3 is 46.3 Å². The maximum atomic E-state index is 10.4. The molecular weight excluding hydrogens is 338 g/mol. The molecule has 0 aromatic heterocycles. The number of aliphatic hydroxyl groups excluding tert-OH is 4. The smallest absolute Gasteiger partial charge is 0.407 e. The molecule has 0 saturated heterocycles. The van der Waals surface area contributed by atoms with Crippen molar-refractivity contribution in [1.82, 2.24) is 10.6 Å². The Hall–Kier alpha value is -2.10. The fourth-order valence-corrected chi connectivity index (χ4v) is 0.639. The number of amides is 2. The molecule has 8 N–H and O–H groups in total. The van der Waals surface area contributed by atoms with Crippen LogP contribution in [0.3, 0.4) is 0 Å². The van der Waals surface area contributed by atoms with Crippen LogP contribution in [0.15, 0.2) is 0 Å². The van der Waals surface area contributed by atoms with Crippen LogP contribution in [-0.4, -0.2) is 92.4 Å². The van der Waals surface area contributed by atoms with Crippen LogP contribution in [0.1, 0.15) is 7.43 Å². The number of terminal acetylenes is 1. The Morgan fingerprint density at radius 2 is 1.40 bits per heavy atom. The number of hydrogen-bond acceptors (Lipinski definition) is 9. The molecule has 0 spiro atoms. The van der Waals surface area contributed by atoms with Crippen molar-refractivity contribution in [3.63, 3.8) is 0 Å². The number of carbonyl (C=O) groups is 2.